The maximum Gasteiger partial charge on any atom is 0.147 e. The van der Waals surface area contributed by atoms with Gasteiger partial charge >= 0.3 is 0 Å². The van der Waals surface area contributed by atoms with Crippen molar-refractivity contribution in [1.82, 2.24) is 15.3 Å². The highest BCUT2D eigenvalue weighted by atomic mass is 15.2. The van der Waals surface area contributed by atoms with Crippen LogP contribution in [0, 0.1) is 5.92 Å². The summed E-state index contributed by atoms with van der Waals surface area (Å²) in [5.74, 6) is 1.95. The van der Waals surface area contributed by atoms with Gasteiger partial charge in [-0.05, 0) is 44.6 Å². The summed E-state index contributed by atoms with van der Waals surface area (Å²) in [6.45, 7) is 6.33. The summed E-state index contributed by atoms with van der Waals surface area (Å²) in [5.41, 5.74) is 1.02. The molecule has 118 valence electrons. The molecule has 2 rings (SSSR count). The van der Waals surface area contributed by atoms with Crippen molar-refractivity contribution in [3.8, 4) is 0 Å². The van der Waals surface area contributed by atoms with Gasteiger partial charge in [-0.2, -0.15) is 0 Å². The first-order valence-corrected chi connectivity index (χ1v) is 8.49. The maximum absolute atomic E-state index is 4.60. The number of hydrogen-bond acceptors (Lipinski definition) is 4. The van der Waals surface area contributed by atoms with Crippen molar-refractivity contribution in [2.45, 2.75) is 65.0 Å². The van der Waals surface area contributed by atoms with Crippen molar-refractivity contribution < 1.29 is 0 Å². The molecule has 0 bridgehead atoms. The molecule has 0 aromatic carbocycles. The van der Waals surface area contributed by atoms with Crippen LogP contribution in [0.5, 0.6) is 0 Å². The van der Waals surface area contributed by atoms with Gasteiger partial charge in [-0.1, -0.05) is 20.3 Å². The van der Waals surface area contributed by atoms with E-state index in [1.165, 1.54) is 32.1 Å². The van der Waals surface area contributed by atoms with Crippen LogP contribution in [0.15, 0.2) is 12.4 Å². The van der Waals surface area contributed by atoms with E-state index in [4.69, 9.17) is 0 Å². The summed E-state index contributed by atoms with van der Waals surface area (Å²) in [7, 11) is 2.16. The van der Waals surface area contributed by atoms with E-state index >= 15 is 0 Å². The Balaban J connectivity index is 1.86. The third-order valence-electron chi connectivity index (χ3n) is 4.73. The van der Waals surface area contributed by atoms with Crippen molar-refractivity contribution in [1.29, 1.82) is 0 Å². The smallest absolute Gasteiger partial charge is 0.147 e. The Morgan fingerprint density at radius 3 is 2.48 bits per heavy atom. The minimum atomic E-state index is 0.631. The van der Waals surface area contributed by atoms with Crippen LogP contribution >= 0.6 is 0 Å². The molecule has 0 amide bonds. The van der Waals surface area contributed by atoms with E-state index < -0.39 is 0 Å². The Kier molecular flexibility index (Phi) is 6.43. The molecule has 1 aromatic rings. The van der Waals surface area contributed by atoms with Gasteiger partial charge in [0.25, 0.3) is 0 Å². The van der Waals surface area contributed by atoms with Crippen molar-refractivity contribution in [3.05, 3.63) is 18.1 Å². The SMILES string of the molecule is CCCNCc1cnc(N(C)C2CCC(CC)CC2)cn1. The summed E-state index contributed by atoms with van der Waals surface area (Å²) in [6.07, 6.45) is 11.6. The van der Waals surface area contributed by atoms with E-state index in [2.05, 4.69) is 41.1 Å². The summed E-state index contributed by atoms with van der Waals surface area (Å²) in [4.78, 5) is 11.4. The van der Waals surface area contributed by atoms with Gasteiger partial charge in [0.15, 0.2) is 0 Å². The molecular formula is C17H30N4. The molecule has 0 radical (unpaired) electrons. The quantitative estimate of drug-likeness (QED) is 0.782. The Hall–Kier alpha value is -1.16. The number of hydrogen-bond donors (Lipinski definition) is 1. The lowest BCUT2D eigenvalue weighted by Crippen LogP contribution is -2.35. The largest absolute Gasteiger partial charge is 0.355 e. The van der Waals surface area contributed by atoms with Crippen molar-refractivity contribution in [3.63, 3.8) is 0 Å². The highest BCUT2D eigenvalue weighted by molar-refractivity contribution is 5.36. The highest BCUT2D eigenvalue weighted by Crippen LogP contribution is 2.30. The predicted molar refractivity (Wildman–Crippen MR) is 88.5 cm³/mol. The summed E-state index contributed by atoms with van der Waals surface area (Å²) in [5, 5.41) is 3.36. The van der Waals surface area contributed by atoms with Gasteiger partial charge in [0, 0.05) is 19.6 Å². The van der Waals surface area contributed by atoms with E-state index in [0.29, 0.717) is 6.04 Å². The lowest BCUT2D eigenvalue weighted by atomic mass is 9.84. The standard InChI is InChI=1S/C17H30N4/c1-4-10-18-11-15-12-20-17(13-19-15)21(3)16-8-6-14(5-2)7-9-16/h12-14,16,18H,4-11H2,1-3H3. The normalized spacial score (nSPS) is 22.2. The van der Waals surface area contributed by atoms with Crippen molar-refractivity contribution in [2.24, 2.45) is 5.92 Å². The van der Waals surface area contributed by atoms with Crippen LogP contribution in [-0.2, 0) is 6.54 Å². The van der Waals surface area contributed by atoms with Crippen LogP contribution in [-0.4, -0.2) is 29.6 Å². The minimum Gasteiger partial charge on any atom is -0.355 e. The van der Waals surface area contributed by atoms with E-state index in [1.807, 2.05) is 12.4 Å². The van der Waals surface area contributed by atoms with Crippen LogP contribution < -0.4 is 10.2 Å². The van der Waals surface area contributed by atoms with E-state index in [0.717, 1.165) is 36.9 Å². The molecule has 1 aromatic heterocycles. The molecule has 1 aliphatic rings. The van der Waals surface area contributed by atoms with Crippen LogP contribution in [0.4, 0.5) is 5.82 Å². The zero-order valence-corrected chi connectivity index (χ0v) is 13.8. The van der Waals surface area contributed by atoms with Gasteiger partial charge in [0.1, 0.15) is 5.82 Å². The van der Waals surface area contributed by atoms with E-state index in [-0.39, 0.29) is 0 Å². The zero-order valence-electron chi connectivity index (χ0n) is 13.8. The topological polar surface area (TPSA) is 41.1 Å². The summed E-state index contributed by atoms with van der Waals surface area (Å²) < 4.78 is 0. The molecule has 0 unspecified atom stereocenters. The molecule has 21 heavy (non-hydrogen) atoms. The third-order valence-corrected chi connectivity index (χ3v) is 4.73. The van der Waals surface area contributed by atoms with Gasteiger partial charge in [0.2, 0.25) is 0 Å². The average molecular weight is 290 g/mol. The maximum atomic E-state index is 4.60. The van der Waals surface area contributed by atoms with Crippen molar-refractivity contribution >= 4 is 5.82 Å². The molecule has 1 saturated carbocycles. The number of nitrogens with one attached hydrogen (secondary N) is 1. The van der Waals surface area contributed by atoms with Crippen LogP contribution in [0.25, 0.3) is 0 Å². The molecule has 0 saturated heterocycles. The van der Waals surface area contributed by atoms with E-state index in [1.54, 1.807) is 0 Å². The molecule has 0 aliphatic heterocycles. The predicted octanol–water partition coefficient (Wildman–Crippen LogP) is 3.38. The molecule has 4 heteroatoms. The first-order valence-electron chi connectivity index (χ1n) is 8.49. The second kappa shape index (κ2) is 8.32. The fourth-order valence-electron chi connectivity index (χ4n) is 3.14. The Morgan fingerprint density at radius 1 is 1.14 bits per heavy atom. The zero-order chi connectivity index (χ0) is 15.1. The number of aromatic nitrogens is 2. The number of nitrogens with zero attached hydrogens (tertiary/aromatic N) is 3. The van der Waals surface area contributed by atoms with E-state index in [9.17, 15) is 0 Å². The fraction of sp³-hybridized carbons (Fsp3) is 0.765. The Morgan fingerprint density at radius 2 is 1.90 bits per heavy atom. The second-order valence-electron chi connectivity index (χ2n) is 6.24. The average Bonchev–Trinajstić information content (AvgIpc) is 2.55. The van der Waals surface area contributed by atoms with Gasteiger partial charge < -0.3 is 10.2 Å². The third kappa shape index (κ3) is 4.67. The lowest BCUT2D eigenvalue weighted by Gasteiger charge is -2.35. The van der Waals surface area contributed by atoms with Crippen LogP contribution in [0.3, 0.4) is 0 Å². The molecule has 1 heterocycles. The van der Waals surface area contributed by atoms with Gasteiger partial charge in [0.05, 0.1) is 18.1 Å². The van der Waals surface area contributed by atoms with Gasteiger partial charge in [-0.3, -0.25) is 4.98 Å². The molecule has 0 atom stereocenters. The first kappa shape index (κ1) is 16.2. The molecule has 1 aliphatic carbocycles. The van der Waals surface area contributed by atoms with Gasteiger partial charge in [-0.15, -0.1) is 0 Å². The minimum absolute atomic E-state index is 0.631. The molecule has 1 N–H and O–H groups in total. The van der Waals surface area contributed by atoms with Crippen molar-refractivity contribution in [2.75, 3.05) is 18.5 Å². The highest BCUT2D eigenvalue weighted by Gasteiger charge is 2.23. The first-order chi connectivity index (χ1) is 10.2. The second-order valence-corrected chi connectivity index (χ2v) is 6.24. The number of anilines is 1. The summed E-state index contributed by atoms with van der Waals surface area (Å²) in [6, 6.07) is 0.631. The van der Waals surface area contributed by atoms with Gasteiger partial charge in [-0.25, -0.2) is 4.98 Å². The lowest BCUT2D eigenvalue weighted by molar-refractivity contribution is 0.313. The number of rotatable bonds is 7. The van der Waals surface area contributed by atoms with Crippen LogP contribution in [0.1, 0.15) is 58.1 Å². The van der Waals surface area contributed by atoms with Crippen LogP contribution in [0.2, 0.25) is 0 Å². The fourth-order valence-corrected chi connectivity index (χ4v) is 3.14. The molecular weight excluding hydrogens is 260 g/mol. The Bertz CT molecular complexity index is 396. The summed E-state index contributed by atoms with van der Waals surface area (Å²) >= 11 is 0. The monoisotopic (exact) mass is 290 g/mol. The Labute approximate surface area is 129 Å². The molecule has 1 fully saturated rings. The molecule has 0 spiro atoms. The molecule has 4 nitrogen and oxygen atoms in total.